The van der Waals surface area contributed by atoms with E-state index in [0.29, 0.717) is 30.1 Å². The van der Waals surface area contributed by atoms with Crippen molar-refractivity contribution < 1.29 is 28.6 Å². The first-order valence-corrected chi connectivity index (χ1v) is 11.5. The average Bonchev–Trinajstić information content (AvgIpc) is 2.77. The lowest BCUT2D eigenvalue weighted by Crippen LogP contribution is -2.52. The Kier molecular flexibility index (Phi) is 10.1. The van der Waals surface area contributed by atoms with E-state index in [4.69, 9.17) is 14.2 Å². The van der Waals surface area contributed by atoms with Crippen molar-refractivity contribution in [1.82, 2.24) is 15.1 Å². The summed E-state index contributed by atoms with van der Waals surface area (Å²) in [7, 11) is 4.73. The molecule has 34 heavy (non-hydrogen) atoms. The summed E-state index contributed by atoms with van der Waals surface area (Å²) in [5.74, 6) is -0.250. The Balaban J connectivity index is 2.42. The van der Waals surface area contributed by atoms with E-state index in [1.54, 1.807) is 42.2 Å². The van der Waals surface area contributed by atoms with Crippen molar-refractivity contribution in [2.45, 2.75) is 45.9 Å². The Labute approximate surface area is 201 Å². The number of hydrogen-bond acceptors (Lipinski definition) is 6. The Bertz CT molecular complexity index is 862. The summed E-state index contributed by atoms with van der Waals surface area (Å²) in [5.41, 5.74) is 0.770. The van der Waals surface area contributed by atoms with Crippen LogP contribution in [0.25, 0.3) is 0 Å². The molecule has 0 aliphatic carbocycles. The van der Waals surface area contributed by atoms with Gasteiger partial charge in [0.2, 0.25) is 5.91 Å². The second-order valence-electron chi connectivity index (χ2n) is 9.05. The highest BCUT2D eigenvalue weighted by Crippen LogP contribution is 2.26. The zero-order chi connectivity index (χ0) is 25.4. The number of carbonyl (C=O) groups is 3. The lowest BCUT2D eigenvalue weighted by molar-refractivity contribution is -0.119. The molecule has 0 fully saturated rings. The smallest absolute Gasteiger partial charge is 0.317 e. The van der Waals surface area contributed by atoms with Gasteiger partial charge in [0.15, 0.2) is 0 Å². The molecule has 3 atom stereocenters. The monoisotopic (exact) mass is 478 g/mol. The minimum atomic E-state index is -0.328. The van der Waals surface area contributed by atoms with Crippen molar-refractivity contribution in [2.75, 3.05) is 52.9 Å². The van der Waals surface area contributed by atoms with Crippen LogP contribution < -0.4 is 15.4 Å². The van der Waals surface area contributed by atoms with Crippen LogP contribution in [0.15, 0.2) is 18.2 Å². The second-order valence-corrected chi connectivity index (χ2v) is 9.05. The van der Waals surface area contributed by atoms with Crippen LogP contribution in [0.2, 0.25) is 0 Å². The molecule has 1 aliphatic rings. The van der Waals surface area contributed by atoms with Crippen LogP contribution in [0.3, 0.4) is 0 Å². The van der Waals surface area contributed by atoms with Gasteiger partial charge in [-0.05, 0) is 39.0 Å². The maximum absolute atomic E-state index is 13.3. The minimum absolute atomic E-state index is 0.00764. The number of carbonyl (C=O) groups excluding carboxylic acids is 3. The SMILES string of the molecule is COCC(=O)Nc1ccc2c(c1)C(=O)N(C)C[C@@H](OC)[C@@H](C)CN(C(=O)NC(C)C)[C@H](C)CO2. The number of nitrogens with zero attached hydrogens (tertiary/aromatic N) is 2. The number of nitrogens with one attached hydrogen (secondary N) is 2. The molecule has 4 amide bonds. The van der Waals surface area contributed by atoms with Gasteiger partial charge < -0.3 is 34.6 Å². The molecule has 1 aliphatic heterocycles. The molecule has 190 valence electrons. The van der Waals surface area contributed by atoms with Crippen molar-refractivity contribution in [1.29, 1.82) is 0 Å². The number of fused-ring (bicyclic) bond motifs is 1. The number of rotatable bonds is 5. The number of amides is 4. The highest BCUT2D eigenvalue weighted by atomic mass is 16.5. The van der Waals surface area contributed by atoms with Crippen LogP contribution in [0.5, 0.6) is 5.75 Å². The topological polar surface area (TPSA) is 109 Å². The molecule has 0 radical (unpaired) electrons. The molecule has 0 spiro atoms. The molecule has 10 heteroatoms. The zero-order valence-electron chi connectivity index (χ0n) is 21.2. The van der Waals surface area contributed by atoms with Crippen molar-refractivity contribution in [3.63, 3.8) is 0 Å². The molecule has 1 aromatic rings. The van der Waals surface area contributed by atoms with Gasteiger partial charge in [-0.3, -0.25) is 9.59 Å². The van der Waals surface area contributed by atoms with Crippen molar-refractivity contribution in [3.05, 3.63) is 23.8 Å². The summed E-state index contributed by atoms with van der Waals surface area (Å²) in [5, 5.41) is 5.67. The average molecular weight is 479 g/mol. The highest BCUT2D eigenvalue weighted by Gasteiger charge is 2.30. The van der Waals surface area contributed by atoms with Gasteiger partial charge in [0.1, 0.15) is 19.0 Å². The summed E-state index contributed by atoms with van der Waals surface area (Å²) in [4.78, 5) is 41.5. The van der Waals surface area contributed by atoms with Gasteiger partial charge in [-0.1, -0.05) is 6.92 Å². The van der Waals surface area contributed by atoms with E-state index in [1.165, 1.54) is 7.11 Å². The Morgan fingerprint density at radius 2 is 1.91 bits per heavy atom. The van der Waals surface area contributed by atoms with Gasteiger partial charge in [-0.2, -0.15) is 0 Å². The number of benzene rings is 1. The molecule has 1 heterocycles. The first-order chi connectivity index (χ1) is 16.1. The number of likely N-dealkylation sites (N-methyl/N-ethyl adjacent to an activating group) is 1. The highest BCUT2D eigenvalue weighted by molar-refractivity contribution is 5.99. The molecule has 0 bridgehead atoms. The first-order valence-electron chi connectivity index (χ1n) is 11.5. The fourth-order valence-electron chi connectivity index (χ4n) is 3.80. The van der Waals surface area contributed by atoms with Crippen molar-refractivity contribution >= 4 is 23.5 Å². The van der Waals surface area contributed by atoms with E-state index in [0.717, 1.165) is 0 Å². The Hall–Kier alpha value is -2.85. The third-order valence-corrected chi connectivity index (χ3v) is 5.68. The molecule has 0 aromatic heterocycles. The second kappa shape index (κ2) is 12.6. The summed E-state index contributed by atoms with van der Waals surface area (Å²) < 4.78 is 16.6. The molecular weight excluding hydrogens is 440 g/mol. The van der Waals surface area contributed by atoms with Crippen molar-refractivity contribution in [2.24, 2.45) is 5.92 Å². The van der Waals surface area contributed by atoms with Gasteiger partial charge in [0, 0.05) is 52.0 Å². The van der Waals surface area contributed by atoms with Gasteiger partial charge >= 0.3 is 6.03 Å². The normalized spacial score (nSPS) is 21.8. The quantitative estimate of drug-likeness (QED) is 0.672. The maximum atomic E-state index is 13.3. The maximum Gasteiger partial charge on any atom is 0.317 e. The number of anilines is 1. The number of urea groups is 1. The van der Waals surface area contributed by atoms with Crippen LogP contribution in [-0.2, 0) is 14.3 Å². The van der Waals surface area contributed by atoms with Crippen LogP contribution in [0.4, 0.5) is 10.5 Å². The van der Waals surface area contributed by atoms with Crippen molar-refractivity contribution in [3.8, 4) is 5.75 Å². The number of ether oxygens (including phenoxy) is 3. The Morgan fingerprint density at radius 1 is 1.21 bits per heavy atom. The van der Waals surface area contributed by atoms with E-state index < -0.39 is 0 Å². The molecule has 1 aromatic carbocycles. The third-order valence-electron chi connectivity index (χ3n) is 5.68. The van der Waals surface area contributed by atoms with Crippen LogP contribution in [0, 0.1) is 5.92 Å². The molecule has 2 N–H and O–H groups in total. The van der Waals surface area contributed by atoms with Gasteiger partial charge in [-0.15, -0.1) is 0 Å². The molecule has 0 unspecified atom stereocenters. The van der Waals surface area contributed by atoms with E-state index in [9.17, 15) is 14.4 Å². The minimum Gasteiger partial charge on any atom is -0.491 e. The first kappa shape index (κ1) is 27.4. The van der Waals surface area contributed by atoms with E-state index in [1.807, 2.05) is 27.7 Å². The number of hydrogen-bond donors (Lipinski definition) is 2. The van der Waals surface area contributed by atoms with E-state index >= 15 is 0 Å². The summed E-state index contributed by atoms with van der Waals surface area (Å²) in [6.07, 6.45) is -0.288. The van der Waals surface area contributed by atoms with Crippen LogP contribution >= 0.6 is 0 Å². The lowest BCUT2D eigenvalue weighted by atomic mass is 10.0. The molecule has 10 nitrogen and oxygen atoms in total. The molecule has 0 saturated carbocycles. The predicted molar refractivity (Wildman–Crippen MR) is 129 cm³/mol. The summed E-state index contributed by atoms with van der Waals surface area (Å²) >= 11 is 0. The van der Waals surface area contributed by atoms with Gasteiger partial charge in [0.25, 0.3) is 5.91 Å². The van der Waals surface area contributed by atoms with Gasteiger partial charge in [0.05, 0.1) is 17.7 Å². The fourth-order valence-corrected chi connectivity index (χ4v) is 3.80. The van der Waals surface area contributed by atoms with Crippen LogP contribution in [-0.4, -0.2) is 93.4 Å². The largest absolute Gasteiger partial charge is 0.491 e. The summed E-state index contributed by atoms with van der Waals surface area (Å²) in [6, 6.07) is 4.46. The third kappa shape index (κ3) is 7.33. The molecular formula is C24H38N4O6. The molecule has 2 rings (SSSR count). The number of methoxy groups -OCH3 is 2. The fraction of sp³-hybridized carbons (Fsp3) is 0.625. The van der Waals surface area contributed by atoms with E-state index in [-0.39, 0.29) is 55.2 Å². The molecule has 0 saturated heterocycles. The standard InChI is InChI=1S/C24H38N4O6/c1-15(2)25-24(31)28-11-16(3)21(33-7)12-27(5)23(30)19-10-18(26-22(29)14-32-6)8-9-20(19)34-13-17(28)4/h8-10,15-17,21H,11-14H2,1-7H3,(H,25,31)(H,26,29)/t16-,17+,21+/m0/s1. The zero-order valence-corrected chi connectivity index (χ0v) is 21.2. The van der Waals surface area contributed by atoms with E-state index in [2.05, 4.69) is 10.6 Å². The van der Waals surface area contributed by atoms with Gasteiger partial charge in [-0.25, -0.2) is 4.79 Å². The van der Waals surface area contributed by atoms with Crippen LogP contribution in [0.1, 0.15) is 38.1 Å². The summed E-state index contributed by atoms with van der Waals surface area (Å²) in [6.45, 7) is 8.60. The predicted octanol–water partition coefficient (Wildman–Crippen LogP) is 2.20. The Morgan fingerprint density at radius 3 is 2.53 bits per heavy atom. The lowest BCUT2D eigenvalue weighted by Gasteiger charge is -2.36.